The summed E-state index contributed by atoms with van der Waals surface area (Å²) >= 11 is 0. The SMILES string of the molecule is CC(C)N(C(=O)O)[C@@H](C(=O)N1CCC[C@H]1C(=O)Nc1ccc(-c2cc3cc(NC(=O)C4CCCN4C(=O)C(c4ccccc4)N(C)C)ccc3o2)cc1)c1ccccc1. The Morgan fingerprint density at radius 2 is 1.19 bits per heavy atom. The minimum atomic E-state index is -1.21. The van der Waals surface area contributed by atoms with E-state index < -0.39 is 42.2 Å². The van der Waals surface area contributed by atoms with Crippen molar-refractivity contribution in [3.8, 4) is 11.3 Å². The van der Waals surface area contributed by atoms with Gasteiger partial charge in [-0.1, -0.05) is 60.7 Å². The minimum Gasteiger partial charge on any atom is -0.465 e. The third-order valence-electron chi connectivity index (χ3n) is 11.2. The molecule has 59 heavy (non-hydrogen) atoms. The van der Waals surface area contributed by atoms with Crippen molar-refractivity contribution in [1.29, 1.82) is 0 Å². The Morgan fingerprint density at radius 3 is 1.71 bits per heavy atom. The van der Waals surface area contributed by atoms with Crippen molar-refractivity contribution in [3.05, 3.63) is 120 Å². The third-order valence-corrected chi connectivity index (χ3v) is 11.2. The van der Waals surface area contributed by atoms with Crippen LogP contribution in [0.4, 0.5) is 16.2 Å². The number of fused-ring (bicyclic) bond motifs is 1. The van der Waals surface area contributed by atoms with Crippen LogP contribution in [-0.4, -0.2) is 99.7 Å². The highest BCUT2D eigenvalue weighted by Gasteiger charge is 2.42. The Labute approximate surface area is 343 Å². The predicted octanol–water partition coefficient (Wildman–Crippen LogP) is 7.39. The first-order chi connectivity index (χ1) is 28.4. The van der Waals surface area contributed by atoms with Crippen molar-refractivity contribution in [1.82, 2.24) is 19.6 Å². The molecule has 2 unspecified atom stereocenters. The Morgan fingerprint density at radius 1 is 0.678 bits per heavy atom. The van der Waals surface area contributed by atoms with Gasteiger partial charge in [0.05, 0.1) is 0 Å². The van der Waals surface area contributed by atoms with Gasteiger partial charge in [0.2, 0.25) is 17.7 Å². The third kappa shape index (κ3) is 8.70. The van der Waals surface area contributed by atoms with Crippen LogP contribution in [0, 0.1) is 0 Å². The molecule has 4 aromatic carbocycles. The molecule has 2 aliphatic rings. The topological polar surface area (TPSA) is 156 Å². The fourth-order valence-electron chi connectivity index (χ4n) is 8.34. The molecule has 2 fully saturated rings. The minimum absolute atomic E-state index is 0.0990. The van der Waals surface area contributed by atoms with E-state index in [1.165, 1.54) is 4.90 Å². The lowest BCUT2D eigenvalue weighted by atomic mass is 10.0. The summed E-state index contributed by atoms with van der Waals surface area (Å²) < 4.78 is 6.16. The van der Waals surface area contributed by atoms with Gasteiger partial charge in [-0.15, -0.1) is 0 Å². The maximum absolute atomic E-state index is 14.1. The van der Waals surface area contributed by atoms with Gasteiger partial charge in [-0.3, -0.25) is 29.0 Å². The predicted molar refractivity (Wildman–Crippen MR) is 225 cm³/mol. The second-order valence-electron chi connectivity index (χ2n) is 15.7. The van der Waals surface area contributed by atoms with E-state index in [9.17, 15) is 29.1 Å². The number of nitrogens with one attached hydrogen (secondary N) is 2. The molecule has 0 saturated carbocycles. The van der Waals surface area contributed by atoms with Crippen LogP contribution in [0.15, 0.2) is 114 Å². The highest BCUT2D eigenvalue weighted by Crippen LogP contribution is 2.33. The Bertz CT molecular complexity index is 2310. The Balaban J connectivity index is 1.00. The van der Waals surface area contributed by atoms with Crippen LogP contribution in [0.2, 0.25) is 0 Å². The summed E-state index contributed by atoms with van der Waals surface area (Å²) in [7, 11) is 3.74. The number of furan rings is 1. The van der Waals surface area contributed by atoms with Crippen molar-refractivity contribution in [3.63, 3.8) is 0 Å². The number of likely N-dealkylation sites (N-methyl/N-ethyl adjacent to an activating group) is 1. The zero-order valence-corrected chi connectivity index (χ0v) is 33.7. The maximum Gasteiger partial charge on any atom is 0.408 e. The number of amides is 5. The summed E-state index contributed by atoms with van der Waals surface area (Å²) in [4.78, 5) is 73.7. The molecule has 0 radical (unpaired) electrons. The standard InChI is InChI=1S/C46H50N6O7/c1-29(2)52(46(57)58)41(32-15-9-6-10-16-32)45(56)51-26-12-17-36(51)42(53)47-34-21-19-30(20-22-34)39-28-33-27-35(23-24-38(33)59-39)48-43(54)37-18-11-25-50(37)44(55)40(49(3)4)31-13-7-5-8-14-31/h5-10,13-16,19-24,27-29,36-37,40-41H,11-12,17-18,25-26H2,1-4H3,(H,47,53)(H,48,54)(H,57,58)/t36-,37?,40?,41+/m0/s1. The highest BCUT2D eigenvalue weighted by molar-refractivity contribution is 6.01. The number of benzene rings is 4. The molecule has 0 bridgehead atoms. The van der Waals surface area contributed by atoms with Gasteiger partial charge in [0, 0.05) is 41.5 Å². The molecule has 1 aromatic heterocycles. The van der Waals surface area contributed by atoms with Gasteiger partial charge < -0.3 is 30.0 Å². The van der Waals surface area contributed by atoms with E-state index >= 15 is 0 Å². The molecule has 5 amide bonds. The second kappa shape index (κ2) is 17.6. The molecule has 5 aromatic rings. The van der Waals surface area contributed by atoms with Gasteiger partial charge in [0.1, 0.15) is 35.5 Å². The van der Waals surface area contributed by atoms with Crippen LogP contribution in [0.3, 0.4) is 0 Å². The van der Waals surface area contributed by atoms with E-state index in [0.29, 0.717) is 60.6 Å². The molecular formula is C46H50N6O7. The number of hydrogen-bond donors (Lipinski definition) is 3. The van der Waals surface area contributed by atoms with E-state index in [2.05, 4.69) is 10.6 Å². The van der Waals surface area contributed by atoms with Crippen LogP contribution >= 0.6 is 0 Å². The average molecular weight is 799 g/mol. The first-order valence-electron chi connectivity index (χ1n) is 20.1. The zero-order valence-electron chi connectivity index (χ0n) is 33.7. The normalized spacial score (nSPS) is 17.6. The fourth-order valence-corrected chi connectivity index (χ4v) is 8.34. The first-order valence-corrected chi connectivity index (χ1v) is 20.1. The summed E-state index contributed by atoms with van der Waals surface area (Å²) in [6.07, 6.45) is 1.18. The number of hydrogen-bond acceptors (Lipinski definition) is 7. The van der Waals surface area contributed by atoms with E-state index in [4.69, 9.17) is 4.42 Å². The van der Waals surface area contributed by atoms with E-state index in [1.54, 1.807) is 73.3 Å². The maximum atomic E-state index is 14.1. The van der Waals surface area contributed by atoms with Crippen LogP contribution in [0.5, 0.6) is 0 Å². The molecule has 0 spiro atoms. The molecule has 3 N–H and O–H groups in total. The summed E-state index contributed by atoms with van der Waals surface area (Å²) in [6, 6.07) is 29.5. The van der Waals surface area contributed by atoms with Gasteiger partial charge in [-0.25, -0.2) is 4.79 Å². The van der Waals surface area contributed by atoms with Crippen LogP contribution in [0.25, 0.3) is 22.3 Å². The lowest BCUT2D eigenvalue weighted by Crippen LogP contribution is -2.51. The van der Waals surface area contributed by atoms with Crippen molar-refractivity contribution in [2.24, 2.45) is 0 Å². The summed E-state index contributed by atoms with van der Waals surface area (Å²) in [5, 5.41) is 16.8. The lowest BCUT2D eigenvalue weighted by molar-refractivity contribution is -0.141. The van der Waals surface area contributed by atoms with Crippen molar-refractivity contribution in [2.75, 3.05) is 37.8 Å². The van der Waals surface area contributed by atoms with Crippen molar-refractivity contribution in [2.45, 2.75) is 69.7 Å². The van der Waals surface area contributed by atoms with E-state index in [-0.39, 0.29) is 17.7 Å². The number of rotatable bonds is 12. The summed E-state index contributed by atoms with van der Waals surface area (Å²) in [5.74, 6) is -0.518. The van der Waals surface area contributed by atoms with Crippen LogP contribution < -0.4 is 10.6 Å². The summed E-state index contributed by atoms with van der Waals surface area (Å²) in [6.45, 7) is 4.30. The lowest BCUT2D eigenvalue weighted by Gasteiger charge is -2.36. The largest absolute Gasteiger partial charge is 0.465 e. The molecule has 3 heterocycles. The molecule has 7 rings (SSSR count). The molecule has 13 heteroatoms. The molecule has 2 saturated heterocycles. The number of carbonyl (C=O) groups is 5. The highest BCUT2D eigenvalue weighted by atomic mass is 16.4. The van der Waals surface area contributed by atoms with Crippen LogP contribution in [0.1, 0.15) is 62.7 Å². The average Bonchev–Trinajstić information content (AvgIpc) is 4.01. The molecule has 13 nitrogen and oxygen atoms in total. The number of likely N-dealkylation sites (tertiary alicyclic amines) is 2. The monoisotopic (exact) mass is 798 g/mol. The zero-order chi connectivity index (χ0) is 41.8. The second-order valence-corrected chi connectivity index (χ2v) is 15.7. The molecular weight excluding hydrogens is 749 g/mol. The van der Waals surface area contributed by atoms with Gasteiger partial charge in [0.15, 0.2) is 0 Å². The van der Waals surface area contributed by atoms with Gasteiger partial charge in [-0.2, -0.15) is 0 Å². The molecule has 4 atom stereocenters. The van der Waals surface area contributed by atoms with Crippen LogP contribution in [-0.2, 0) is 19.2 Å². The number of nitrogens with zero attached hydrogens (tertiary/aromatic N) is 4. The molecule has 2 aliphatic heterocycles. The molecule has 0 aliphatic carbocycles. The van der Waals surface area contributed by atoms with Gasteiger partial charge in [-0.05, 0) is 113 Å². The van der Waals surface area contributed by atoms with Gasteiger partial charge >= 0.3 is 6.09 Å². The van der Waals surface area contributed by atoms with Crippen molar-refractivity contribution >= 4 is 52.1 Å². The Hall–Kier alpha value is -6.47. The van der Waals surface area contributed by atoms with Crippen molar-refractivity contribution < 1.29 is 33.5 Å². The smallest absolute Gasteiger partial charge is 0.408 e. The first kappa shape index (κ1) is 40.7. The quantitative estimate of drug-likeness (QED) is 0.118. The number of carbonyl (C=O) groups excluding carboxylic acids is 4. The molecule has 306 valence electrons. The summed E-state index contributed by atoms with van der Waals surface area (Å²) in [5.41, 5.74) is 3.95. The van der Waals surface area contributed by atoms with E-state index in [0.717, 1.165) is 27.8 Å². The van der Waals surface area contributed by atoms with E-state index in [1.807, 2.05) is 73.6 Å². The van der Waals surface area contributed by atoms with Gasteiger partial charge in [0.25, 0.3) is 5.91 Å². The Kier molecular flexibility index (Phi) is 12.1. The fraction of sp³-hybridized carbons (Fsp3) is 0.326. The number of anilines is 2. The number of carboxylic acid groups (broad SMARTS) is 1.